The van der Waals surface area contributed by atoms with Crippen LogP contribution in [0.5, 0.6) is 5.75 Å². The summed E-state index contributed by atoms with van der Waals surface area (Å²) in [7, 11) is 0. The fraction of sp³-hybridized carbons (Fsp3) is 0.0938. The molecule has 7 nitrogen and oxygen atoms in total. The van der Waals surface area contributed by atoms with Crippen LogP contribution in [0.15, 0.2) is 118 Å². The van der Waals surface area contributed by atoms with Crippen molar-refractivity contribution in [3.05, 3.63) is 125 Å². The number of hydrogen-bond acceptors (Lipinski definition) is 7. The van der Waals surface area contributed by atoms with E-state index in [1.807, 2.05) is 96.0 Å². The van der Waals surface area contributed by atoms with E-state index in [0.717, 1.165) is 56.4 Å². The zero-order valence-electron chi connectivity index (χ0n) is 21.2. The average Bonchev–Trinajstić information content (AvgIpc) is 3.70. The van der Waals surface area contributed by atoms with Crippen molar-refractivity contribution in [1.29, 1.82) is 0 Å². The first kappa shape index (κ1) is 23.1. The minimum atomic E-state index is -1.26. The fourth-order valence-corrected chi connectivity index (χ4v) is 6.58. The summed E-state index contributed by atoms with van der Waals surface area (Å²) in [5.74, 6) is 0.185. The molecule has 1 saturated heterocycles. The van der Waals surface area contributed by atoms with E-state index < -0.39 is 5.85 Å². The molecule has 3 aliphatic heterocycles. The number of rotatable bonds is 3. The SMILES string of the molecule is O=C1NC2(Oc3ccccc3C3CC(c4ccccc4)=NN32)C(=Cc2ccc3noc(-c4ccccc4)c3c2)S1. The Morgan fingerprint density at radius 2 is 1.68 bits per heavy atom. The summed E-state index contributed by atoms with van der Waals surface area (Å²) in [6.45, 7) is 0. The van der Waals surface area contributed by atoms with E-state index in [2.05, 4.69) is 28.7 Å². The van der Waals surface area contributed by atoms with Gasteiger partial charge in [-0.2, -0.15) is 5.10 Å². The third-order valence-electron chi connectivity index (χ3n) is 7.52. The average molecular weight is 543 g/mol. The summed E-state index contributed by atoms with van der Waals surface area (Å²) in [6, 6.07) is 33.9. The molecule has 1 fully saturated rings. The molecule has 8 rings (SSSR count). The lowest BCUT2D eigenvalue weighted by molar-refractivity contribution is -0.0949. The number of ether oxygens (including phenoxy) is 1. The van der Waals surface area contributed by atoms with Crippen molar-refractivity contribution in [2.45, 2.75) is 18.3 Å². The van der Waals surface area contributed by atoms with Gasteiger partial charge in [-0.05, 0) is 47.2 Å². The highest BCUT2D eigenvalue weighted by molar-refractivity contribution is 8.17. The van der Waals surface area contributed by atoms with Gasteiger partial charge >= 0.3 is 5.85 Å². The molecule has 3 aliphatic rings. The molecule has 1 spiro atoms. The number of benzene rings is 4. The van der Waals surface area contributed by atoms with Crippen molar-refractivity contribution >= 4 is 39.7 Å². The summed E-state index contributed by atoms with van der Waals surface area (Å²) < 4.78 is 12.4. The van der Waals surface area contributed by atoms with Crippen LogP contribution >= 0.6 is 11.8 Å². The number of carbonyl (C=O) groups excluding carboxylic acids is 1. The normalized spacial score (nSPS) is 22.2. The zero-order valence-corrected chi connectivity index (χ0v) is 22.0. The smallest absolute Gasteiger partial charge is 0.314 e. The number of thioether (sulfide) groups is 1. The third-order valence-corrected chi connectivity index (χ3v) is 8.42. The maximum atomic E-state index is 13.0. The molecule has 8 heteroatoms. The number of nitrogens with zero attached hydrogens (tertiary/aromatic N) is 3. The van der Waals surface area contributed by atoms with E-state index in [1.54, 1.807) is 0 Å². The van der Waals surface area contributed by atoms with Crippen molar-refractivity contribution in [3.63, 3.8) is 0 Å². The van der Waals surface area contributed by atoms with Crippen molar-refractivity contribution < 1.29 is 14.1 Å². The Bertz CT molecular complexity index is 1850. The summed E-state index contributed by atoms with van der Waals surface area (Å²) in [6.07, 6.45) is 2.69. The molecule has 194 valence electrons. The van der Waals surface area contributed by atoms with Crippen molar-refractivity contribution in [1.82, 2.24) is 15.5 Å². The summed E-state index contributed by atoms with van der Waals surface area (Å²) in [5, 5.41) is 15.1. The molecule has 2 unspecified atom stereocenters. The lowest BCUT2D eigenvalue weighted by Gasteiger charge is -2.45. The predicted octanol–water partition coefficient (Wildman–Crippen LogP) is 7.19. The molecule has 4 heterocycles. The van der Waals surface area contributed by atoms with Crippen LogP contribution in [0.1, 0.15) is 29.2 Å². The second-order valence-electron chi connectivity index (χ2n) is 9.94. The van der Waals surface area contributed by atoms with Gasteiger partial charge in [-0.15, -0.1) is 0 Å². The van der Waals surface area contributed by atoms with Gasteiger partial charge in [0.2, 0.25) is 0 Å². The largest absolute Gasteiger partial charge is 0.444 e. The number of hydrogen-bond donors (Lipinski definition) is 1. The molecule has 1 N–H and O–H groups in total. The highest BCUT2D eigenvalue weighted by atomic mass is 32.2. The van der Waals surface area contributed by atoms with Crippen LogP contribution < -0.4 is 10.1 Å². The van der Waals surface area contributed by atoms with Crippen LogP contribution in [0.4, 0.5) is 4.79 Å². The maximum absolute atomic E-state index is 13.0. The maximum Gasteiger partial charge on any atom is 0.314 e. The summed E-state index contributed by atoms with van der Waals surface area (Å²) >= 11 is 1.13. The predicted molar refractivity (Wildman–Crippen MR) is 156 cm³/mol. The number of carbonyl (C=O) groups is 1. The van der Waals surface area contributed by atoms with Crippen LogP contribution in [-0.4, -0.2) is 27.0 Å². The monoisotopic (exact) mass is 542 g/mol. The summed E-state index contributed by atoms with van der Waals surface area (Å²) in [5.41, 5.74) is 5.67. The first-order valence-corrected chi connectivity index (χ1v) is 13.9. The van der Waals surface area contributed by atoms with Gasteiger partial charge in [0, 0.05) is 17.5 Å². The molecule has 4 aromatic carbocycles. The van der Waals surface area contributed by atoms with E-state index in [1.165, 1.54) is 0 Å². The van der Waals surface area contributed by atoms with Gasteiger partial charge < -0.3 is 9.26 Å². The van der Waals surface area contributed by atoms with E-state index >= 15 is 0 Å². The molecule has 1 aromatic heterocycles. The lowest BCUT2D eigenvalue weighted by Crippen LogP contribution is -2.61. The molecule has 0 bridgehead atoms. The fourth-order valence-electron chi connectivity index (χ4n) is 5.67. The molecule has 1 amide bonds. The van der Waals surface area contributed by atoms with Crippen LogP contribution in [0, 0.1) is 0 Å². The molecule has 0 saturated carbocycles. The molecule has 5 aromatic rings. The highest BCUT2D eigenvalue weighted by Crippen LogP contribution is 2.52. The number of nitrogens with one attached hydrogen (secondary N) is 1. The Hall–Kier alpha value is -4.82. The van der Waals surface area contributed by atoms with Crippen LogP contribution in [0.25, 0.3) is 28.3 Å². The van der Waals surface area contributed by atoms with Crippen molar-refractivity contribution in [3.8, 4) is 17.1 Å². The van der Waals surface area contributed by atoms with Gasteiger partial charge in [0.25, 0.3) is 5.24 Å². The van der Waals surface area contributed by atoms with E-state index in [9.17, 15) is 4.79 Å². The van der Waals surface area contributed by atoms with Crippen molar-refractivity contribution in [2.75, 3.05) is 0 Å². The number of fused-ring (bicyclic) bond motifs is 5. The van der Waals surface area contributed by atoms with E-state index in [-0.39, 0.29) is 11.3 Å². The van der Waals surface area contributed by atoms with Gasteiger partial charge in [-0.3, -0.25) is 10.1 Å². The van der Waals surface area contributed by atoms with Crippen LogP contribution in [0.2, 0.25) is 0 Å². The molecule has 40 heavy (non-hydrogen) atoms. The Labute approximate surface area is 234 Å². The molecule has 2 atom stereocenters. The number of aromatic nitrogens is 1. The molecular weight excluding hydrogens is 520 g/mol. The standard InChI is InChI=1S/C32H22N4O3S/c37-31-33-32(29(40-31)18-20-15-16-25-24(17-20)30(39-35-25)22-11-5-2-6-12-22)36-27(23-13-7-8-14-28(23)38-32)19-26(34-36)21-9-3-1-4-10-21/h1-18,27H,19H2,(H,33,37). The van der Waals surface area contributed by atoms with Gasteiger partial charge in [0.05, 0.1) is 22.0 Å². The molecular formula is C32H22N4O3S. The minimum absolute atomic E-state index is 0.0900. The van der Waals surface area contributed by atoms with Crippen LogP contribution in [-0.2, 0) is 0 Å². The van der Waals surface area contributed by atoms with Gasteiger partial charge in [-0.25, -0.2) is 5.01 Å². The van der Waals surface area contributed by atoms with Crippen LogP contribution in [0.3, 0.4) is 0 Å². The quantitative estimate of drug-likeness (QED) is 0.260. The first-order valence-electron chi connectivity index (χ1n) is 13.1. The first-order chi connectivity index (χ1) is 19.7. The zero-order chi connectivity index (χ0) is 26.7. The summed E-state index contributed by atoms with van der Waals surface area (Å²) in [4.78, 5) is 13.7. The van der Waals surface area contributed by atoms with Gasteiger partial charge in [0.15, 0.2) is 5.76 Å². The van der Waals surface area contributed by atoms with E-state index in [4.69, 9.17) is 14.4 Å². The Balaban J connectivity index is 1.26. The van der Waals surface area contributed by atoms with Gasteiger partial charge in [0.1, 0.15) is 11.3 Å². The Morgan fingerprint density at radius 1 is 0.925 bits per heavy atom. The number of amides is 1. The second kappa shape index (κ2) is 8.86. The Kier molecular flexibility index (Phi) is 5.12. The van der Waals surface area contributed by atoms with Crippen molar-refractivity contribution in [2.24, 2.45) is 5.10 Å². The second-order valence-corrected chi connectivity index (χ2v) is 11.0. The minimum Gasteiger partial charge on any atom is -0.444 e. The number of hydrazone groups is 1. The Morgan fingerprint density at radius 3 is 2.50 bits per heavy atom. The topological polar surface area (TPSA) is 80.0 Å². The molecule has 0 aliphatic carbocycles. The molecule has 0 radical (unpaired) electrons. The lowest BCUT2D eigenvalue weighted by atomic mass is 9.95. The highest BCUT2D eigenvalue weighted by Gasteiger charge is 2.58. The van der Waals surface area contributed by atoms with Gasteiger partial charge in [-0.1, -0.05) is 90.1 Å². The third kappa shape index (κ3) is 3.56. The van der Waals surface area contributed by atoms with E-state index in [0.29, 0.717) is 17.1 Å². The number of para-hydroxylation sites is 1.